The predicted octanol–water partition coefficient (Wildman–Crippen LogP) is 2.85. The summed E-state index contributed by atoms with van der Waals surface area (Å²) in [6.45, 7) is 13.2. The predicted molar refractivity (Wildman–Crippen MR) is 88.8 cm³/mol. The van der Waals surface area contributed by atoms with Gasteiger partial charge in [-0.1, -0.05) is 19.9 Å². The molecule has 1 fully saturated rings. The van der Waals surface area contributed by atoms with E-state index in [2.05, 4.69) is 43.9 Å². The van der Waals surface area contributed by atoms with Crippen molar-refractivity contribution in [3.8, 4) is 5.75 Å². The molecule has 2 rings (SSSR count). The molecule has 1 saturated heterocycles. The quantitative estimate of drug-likeness (QED) is 0.691. The lowest BCUT2D eigenvalue weighted by Crippen LogP contribution is -2.38. The van der Waals surface area contributed by atoms with Crippen LogP contribution in [0.25, 0.3) is 0 Å². The van der Waals surface area contributed by atoms with E-state index >= 15 is 0 Å². The van der Waals surface area contributed by atoms with Gasteiger partial charge in [0.25, 0.3) is 0 Å². The molecule has 0 N–H and O–H groups in total. The summed E-state index contributed by atoms with van der Waals surface area (Å²) in [4.78, 5) is 2.37. The van der Waals surface area contributed by atoms with Gasteiger partial charge in [-0.15, -0.1) is 0 Å². The molecule has 124 valence electrons. The van der Waals surface area contributed by atoms with Gasteiger partial charge >= 0.3 is 0 Å². The summed E-state index contributed by atoms with van der Waals surface area (Å²) in [5, 5.41) is 0. The fraction of sp³-hybridized carbons (Fsp3) is 0.667. The highest BCUT2D eigenvalue weighted by molar-refractivity contribution is 5.35. The highest BCUT2D eigenvalue weighted by Gasteiger charge is 2.09. The molecule has 0 aliphatic carbocycles. The van der Waals surface area contributed by atoms with E-state index in [0.717, 1.165) is 45.2 Å². The van der Waals surface area contributed by atoms with Crippen LogP contribution in [0.1, 0.15) is 30.9 Å². The molecule has 0 aromatic heterocycles. The maximum absolute atomic E-state index is 5.81. The Morgan fingerprint density at radius 1 is 1.09 bits per heavy atom. The van der Waals surface area contributed by atoms with E-state index in [0.29, 0.717) is 19.1 Å². The van der Waals surface area contributed by atoms with Crippen LogP contribution in [0.5, 0.6) is 5.75 Å². The maximum Gasteiger partial charge on any atom is 0.119 e. The summed E-state index contributed by atoms with van der Waals surface area (Å²) in [6, 6.07) is 6.43. The Balaban J connectivity index is 1.62. The van der Waals surface area contributed by atoms with Crippen molar-refractivity contribution >= 4 is 0 Å². The topological polar surface area (TPSA) is 30.9 Å². The van der Waals surface area contributed by atoms with Crippen LogP contribution in [-0.2, 0) is 9.47 Å². The van der Waals surface area contributed by atoms with Crippen molar-refractivity contribution in [2.24, 2.45) is 0 Å². The molecule has 1 aliphatic heterocycles. The molecule has 0 saturated carbocycles. The number of ether oxygens (including phenoxy) is 3. The van der Waals surface area contributed by atoms with Crippen molar-refractivity contribution in [1.29, 1.82) is 0 Å². The van der Waals surface area contributed by atoms with Crippen molar-refractivity contribution in [2.45, 2.75) is 26.7 Å². The van der Waals surface area contributed by atoms with Gasteiger partial charge in [-0.05, 0) is 36.1 Å². The first kappa shape index (κ1) is 17.3. The van der Waals surface area contributed by atoms with E-state index in [1.807, 2.05) is 0 Å². The van der Waals surface area contributed by atoms with Gasteiger partial charge in [0.05, 0.1) is 26.4 Å². The normalized spacial score (nSPS) is 16.2. The van der Waals surface area contributed by atoms with Crippen molar-refractivity contribution in [1.82, 2.24) is 4.90 Å². The largest absolute Gasteiger partial charge is 0.491 e. The number of morpholine rings is 1. The van der Waals surface area contributed by atoms with Crippen molar-refractivity contribution in [3.05, 3.63) is 29.3 Å². The smallest absolute Gasteiger partial charge is 0.119 e. The van der Waals surface area contributed by atoms with Gasteiger partial charge in [-0.3, -0.25) is 4.90 Å². The van der Waals surface area contributed by atoms with Crippen LogP contribution in [0.2, 0.25) is 0 Å². The lowest BCUT2D eigenvalue weighted by atomic mass is 10.0. The molecular formula is C18H29NO3. The van der Waals surface area contributed by atoms with Gasteiger partial charge in [0, 0.05) is 19.6 Å². The first-order chi connectivity index (χ1) is 10.6. The summed E-state index contributed by atoms with van der Waals surface area (Å²) in [6.07, 6.45) is 0. The zero-order valence-corrected chi connectivity index (χ0v) is 14.1. The monoisotopic (exact) mass is 307 g/mol. The number of nitrogens with zero attached hydrogens (tertiary/aromatic N) is 1. The van der Waals surface area contributed by atoms with E-state index in [4.69, 9.17) is 14.2 Å². The van der Waals surface area contributed by atoms with E-state index < -0.39 is 0 Å². The molecule has 0 spiro atoms. The van der Waals surface area contributed by atoms with Crippen molar-refractivity contribution in [3.63, 3.8) is 0 Å². The van der Waals surface area contributed by atoms with Gasteiger partial charge in [0.1, 0.15) is 12.4 Å². The summed E-state index contributed by atoms with van der Waals surface area (Å²) in [5.41, 5.74) is 2.57. The summed E-state index contributed by atoms with van der Waals surface area (Å²) in [7, 11) is 0. The Bertz CT molecular complexity index is 442. The molecule has 4 nitrogen and oxygen atoms in total. The molecule has 22 heavy (non-hydrogen) atoms. The third-order valence-corrected chi connectivity index (χ3v) is 3.89. The van der Waals surface area contributed by atoms with Gasteiger partial charge in [-0.25, -0.2) is 0 Å². The maximum atomic E-state index is 5.81. The van der Waals surface area contributed by atoms with Crippen LogP contribution in [0, 0.1) is 6.92 Å². The van der Waals surface area contributed by atoms with Crippen LogP contribution in [0.3, 0.4) is 0 Å². The van der Waals surface area contributed by atoms with E-state index in [1.165, 1.54) is 11.1 Å². The van der Waals surface area contributed by atoms with Gasteiger partial charge in [0.2, 0.25) is 0 Å². The molecule has 4 heteroatoms. The van der Waals surface area contributed by atoms with Crippen molar-refractivity contribution in [2.75, 3.05) is 52.7 Å². The summed E-state index contributed by atoms with van der Waals surface area (Å²) in [5.74, 6) is 1.47. The number of aryl methyl sites for hydroxylation is 1. The molecule has 0 bridgehead atoms. The SMILES string of the molecule is Cc1cc(OCCOCCN2CCOCC2)cc(C(C)C)c1. The van der Waals surface area contributed by atoms with Crippen LogP contribution in [-0.4, -0.2) is 57.6 Å². The molecule has 0 radical (unpaired) electrons. The molecule has 1 aliphatic rings. The van der Waals surface area contributed by atoms with E-state index in [9.17, 15) is 0 Å². The van der Waals surface area contributed by atoms with Crippen LogP contribution >= 0.6 is 0 Å². The zero-order chi connectivity index (χ0) is 15.8. The molecule has 1 aromatic rings. The molecule has 1 heterocycles. The van der Waals surface area contributed by atoms with Gasteiger partial charge < -0.3 is 14.2 Å². The lowest BCUT2D eigenvalue weighted by molar-refractivity contribution is 0.0170. The molecule has 0 atom stereocenters. The Kier molecular flexibility index (Phi) is 7.16. The van der Waals surface area contributed by atoms with Gasteiger partial charge in [-0.2, -0.15) is 0 Å². The Labute approximate surface area is 134 Å². The third kappa shape index (κ3) is 5.95. The van der Waals surface area contributed by atoms with E-state index in [1.54, 1.807) is 0 Å². The molecule has 0 unspecified atom stereocenters. The molecule has 1 aromatic carbocycles. The fourth-order valence-electron chi connectivity index (χ4n) is 2.53. The standard InChI is InChI=1S/C18H29NO3/c1-15(2)17-12-16(3)13-18(14-17)22-11-10-21-9-6-19-4-7-20-8-5-19/h12-15H,4-11H2,1-3H3. The number of hydrogen-bond acceptors (Lipinski definition) is 4. The van der Waals surface area contributed by atoms with Crippen LogP contribution < -0.4 is 4.74 Å². The summed E-state index contributed by atoms with van der Waals surface area (Å²) < 4.78 is 16.8. The number of benzene rings is 1. The number of hydrogen-bond donors (Lipinski definition) is 0. The van der Waals surface area contributed by atoms with E-state index in [-0.39, 0.29) is 0 Å². The highest BCUT2D eigenvalue weighted by Crippen LogP contribution is 2.22. The minimum atomic E-state index is 0.520. The van der Waals surface area contributed by atoms with Gasteiger partial charge in [0.15, 0.2) is 0 Å². The molecular weight excluding hydrogens is 278 g/mol. The van der Waals surface area contributed by atoms with Crippen LogP contribution in [0.15, 0.2) is 18.2 Å². The Morgan fingerprint density at radius 2 is 1.86 bits per heavy atom. The Hall–Kier alpha value is -1.10. The second kappa shape index (κ2) is 9.13. The second-order valence-corrected chi connectivity index (χ2v) is 6.15. The van der Waals surface area contributed by atoms with Crippen molar-refractivity contribution < 1.29 is 14.2 Å². The first-order valence-corrected chi connectivity index (χ1v) is 8.27. The lowest BCUT2D eigenvalue weighted by Gasteiger charge is -2.26. The number of rotatable bonds is 8. The minimum absolute atomic E-state index is 0.520. The Morgan fingerprint density at radius 3 is 2.59 bits per heavy atom. The minimum Gasteiger partial charge on any atom is -0.491 e. The average Bonchev–Trinajstić information content (AvgIpc) is 2.51. The first-order valence-electron chi connectivity index (χ1n) is 8.27. The fourth-order valence-corrected chi connectivity index (χ4v) is 2.53. The third-order valence-electron chi connectivity index (χ3n) is 3.89. The zero-order valence-electron chi connectivity index (χ0n) is 14.1. The average molecular weight is 307 g/mol. The summed E-state index contributed by atoms with van der Waals surface area (Å²) >= 11 is 0. The van der Waals surface area contributed by atoms with Crippen LogP contribution in [0.4, 0.5) is 0 Å². The second-order valence-electron chi connectivity index (χ2n) is 6.15. The highest BCUT2D eigenvalue weighted by atomic mass is 16.5. The molecule has 0 amide bonds.